The largest absolute Gasteiger partial charge is 0.326 e. The molecule has 3 rings (SSSR count). The molecule has 2 N–H and O–H groups in total. The summed E-state index contributed by atoms with van der Waals surface area (Å²) in [7, 11) is -3.68. The molecule has 1 aliphatic heterocycles. The molecule has 1 amide bonds. The monoisotopic (exact) mass is 348 g/mol. The van der Waals surface area contributed by atoms with Gasteiger partial charge in [0.25, 0.3) is 0 Å². The standard InChI is InChI=1S/C17H17FN2O3S/c1-11-8-12(2-5-15(11)18)10-19-24(22,23)14-4-6-16-13(9-14)3-7-17(21)20-16/h2,4-6,8-9,19H,3,7,10H2,1H3,(H,20,21). The third kappa shape index (κ3) is 3.47. The van der Waals surface area contributed by atoms with Crippen LogP contribution in [-0.4, -0.2) is 14.3 Å². The van der Waals surface area contributed by atoms with Crippen LogP contribution in [-0.2, 0) is 27.8 Å². The topological polar surface area (TPSA) is 75.3 Å². The fourth-order valence-corrected chi connectivity index (χ4v) is 3.67. The number of rotatable bonds is 4. The van der Waals surface area contributed by atoms with Crippen molar-refractivity contribution in [1.82, 2.24) is 4.72 Å². The molecule has 0 atom stereocenters. The number of nitrogens with one attached hydrogen (secondary N) is 2. The Kier molecular flexibility index (Phi) is 4.38. The van der Waals surface area contributed by atoms with E-state index in [9.17, 15) is 17.6 Å². The Hall–Kier alpha value is -2.25. The zero-order chi connectivity index (χ0) is 17.3. The molecule has 0 aromatic heterocycles. The van der Waals surface area contributed by atoms with Crippen molar-refractivity contribution in [3.05, 3.63) is 58.9 Å². The molecule has 0 unspecified atom stereocenters. The van der Waals surface area contributed by atoms with Crippen LogP contribution in [0.2, 0.25) is 0 Å². The van der Waals surface area contributed by atoms with Crippen molar-refractivity contribution >= 4 is 21.6 Å². The zero-order valence-electron chi connectivity index (χ0n) is 13.1. The van der Waals surface area contributed by atoms with Crippen LogP contribution >= 0.6 is 0 Å². The van der Waals surface area contributed by atoms with Crippen LogP contribution in [0.1, 0.15) is 23.1 Å². The van der Waals surface area contributed by atoms with Crippen LogP contribution in [0.3, 0.4) is 0 Å². The summed E-state index contributed by atoms with van der Waals surface area (Å²) in [4.78, 5) is 11.5. The van der Waals surface area contributed by atoms with Gasteiger partial charge in [0.2, 0.25) is 15.9 Å². The second-order valence-electron chi connectivity index (χ2n) is 5.78. The molecule has 0 saturated carbocycles. The summed E-state index contributed by atoms with van der Waals surface area (Å²) < 4.78 is 40.6. The number of aryl methyl sites for hydroxylation is 2. The van der Waals surface area contributed by atoms with E-state index in [0.717, 1.165) is 5.56 Å². The summed E-state index contributed by atoms with van der Waals surface area (Å²) in [6, 6.07) is 9.12. The minimum atomic E-state index is -3.68. The first-order valence-electron chi connectivity index (χ1n) is 7.52. The summed E-state index contributed by atoms with van der Waals surface area (Å²) in [6.45, 7) is 1.71. The second kappa shape index (κ2) is 6.33. The van der Waals surface area contributed by atoms with Crippen LogP contribution in [0.5, 0.6) is 0 Å². The van der Waals surface area contributed by atoms with Gasteiger partial charge in [-0.1, -0.05) is 12.1 Å². The Labute approximate surface area is 139 Å². The van der Waals surface area contributed by atoms with Crippen molar-refractivity contribution in [2.75, 3.05) is 5.32 Å². The van der Waals surface area contributed by atoms with E-state index in [0.29, 0.717) is 29.7 Å². The van der Waals surface area contributed by atoms with Crippen LogP contribution in [0.4, 0.5) is 10.1 Å². The number of hydrogen-bond donors (Lipinski definition) is 2. The molecule has 1 heterocycles. The number of halogens is 1. The van der Waals surface area contributed by atoms with Gasteiger partial charge in [0.1, 0.15) is 5.82 Å². The SMILES string of the molecule is Cc1cc(CNS(=O)(=O)c2ccc3c(c2)CCC(=O)N3)ccc1F. The zero-order valence-corrected chi connectivity index (χ0v) is 13.9. The molecule has 7 heteroatoms. The predicted octanol–water partition coefficient (Wildman–Crippen LogP) is 2.50. The van der Waals surface area contributed by atoms with Gasteiger partial charge < -0.3 is 5.32 Å². The first-order valence-corrected chi connectivity index (χ1v) is 9.01. The molecular formula is C17H17FN2O3S. The van der Waals surface area contributed by atoms with Gasteiger partial charge in [0.15, 0.2) is 0 Å². The van der Waals surface area contributed by atoms with Crippen molar-refractivity contribution in [2.24, 2.45) is 0 Å². The highest BCUT2D eigenvalue weighted by Crippen LogP contribution is 2.25. The lowest BCUT2D eigenvalue weighted by atomic mass is 10.0. The summed E-state index contributed by atoms with van der Waals surface area (Å²) in [6.07, 6.45) is 0.862. The Balaban J connectivity index is 1.78. The predicted molar refractivity (Wildman–Crippen MR) is 88.6 cm³/mol. The van der Waals surface area contributed by atoms with E-state index in [-0.39, 0.29) is 23.2 Å². The van der Waals surface area contributed by atoms with Crippen molar-refractivity contribution in [2.45, 2.75) is 31.2 Å². The van der Waals surface area contributed by atoms with Gasteiger partial charge in [-0.05, 0) is 54.3 Å². The van der Waals surface area contributed by atoms with Crippen LogP contribution in [0.25, 0.3) is 0 Å². The number of amides is 1. The molecule has 1 aliphatic rings. The average molecular weight is 348 g/mol. The third-order valence-electron chi connectivity index (χ3n) is 3.97. The van der Waals surface area contributed by atoms with Crippen molar-refractivity contribution in [1.29, 1.82) is 0 Å². The molecule has 2 aromatic rings. The van der Waals surface area contributed by atoms with E-state index in [1.807, 2.05) is 0 Å². The first-order chi connectivity index (χ1) is 11.3. The lowest BCUT2D eigenvalue weighted by Gasteiger charge is -2.17. The van der Waals surface area contributed by atoms with Crippen LogP contribution in [0, 0.1) is 12.7 Å². The van der Waals surface area contributed by atoms with Crippen molar-refractivity contribution < 1.29 is 17.6 Å². The quantitative estimate of drug-likeness (QED) is 0.891. The highest BCUT2D eigenvalue weighted by molar-refractivity contribution is 7.89. The maximum atomic E-state index is 13.3. The minimum absolute atomic E-state index is 0.0667. The van der Waals surface area contributed by atoms with Crippen molar-refractivity contribution in [3.8, 4) is 0 Å². The number of carbonyl (C=O) groups is 1. The van der Waals surface area contributed by atoms with E-state index in [1.54, 1.807) is 31.2 Å². The number of anilines is 1. The molecular weight excluding hydrogens is 331 g/mol. The van der Waals surface area contributed by atoms with Gasteiger partial charge in [-0.3, -0.25) is 4.79 Å². The first kappa shape index (κ1) is 16.6. The van der Waals surface area contributed by atoms with Gasteiger partial charge >= 0.3 is 0 Å². The minimum Gasteiger partial charge on any atom is -0.326 e. The fraction of sp³-hybridized carbons (Fsp3) is 0.235. The normalized spacial score (nSPS) is 14.2. The molecule has 0 fully saturated rings. The Morgan fingerprint density at radius 1 is 1.17 bits per heavy atom. The van der Waals surface area contributed by atoms with Gasteiger partial charge in [0.05, 0.1) is 4.90 Å². The summed E-state index contributed by atoms with van der Waals surface area (Å²) in [5, 5.41) is 2.72. The number of carbonyl (C=O) groups excluding carboxylic acids is 1. The number of hydrogen-bond acceptors (Lipinski definition) is 3. The smallest absolute Gasteiger partial charge is 0.240 e. The van der Waals surface area contributed by atoms with E-state index in [2.05, 4.69) is 10.0 Å². The number of fused-ring (bicyclic) bond motifs is 1. The molecule has 0 radical (unpaired) electrons. The second-order valence-corrected chi connectivity index (χ2v) is 7.54. The lowest BCUT2D eigenvalue weighted by molar-refractivity contribution is -0.116. The maximum Gasteiger partial charge on any atom is 0.240 e. The Morgan fingerprint density at radius 2 is 1.96 bits per heavy atom. The van der Waals surface area contributed by atoms with Crippen LogP contribution < -0.4 is 10.0 Å². The molecule has 0 aliphatic carbocycles. The number of sulfonamides is 1. The molecule has 2 aromatic carbocycles. The maximum absolute atomic E-state index is 13.3. The molecule has 0 spiro atoms. The molecule has 0 saturated heterocycles. The van der Waals surface area contributed by atoms with E-state index in [1.165, 1.54) is 12.1 Å². The lowest BCUT2D eigenvalue weighted by Crippen LogP contribution is -2.24. The molecule has 5 nitrogen and oxygen atoms in total. The van der Waals surface area contributed by atoms with E-state index in [4.69, 9.17) is 0 Å². The fourth-order valence-electron chi connectivity index (χ4n) is 2.61. The van der Waals surface area contributed by atoms with Crippen LogP contribution in [0.15, 0.2) is 41.3 Å². The summed E-state index contributed by atoms with van der Waals surface area (Å²) in [5.74, 6) is -0.388. The number of benzene rings is 2. The third-order valence-corrected chi connectivity index (χ3v) is 5.37. The van der Waals surface area contributed by atoms with E-state index < -0.39 is 10.0 Å². The average Bonchev–Trinajstić information content (AvgIpc) is 2.55. The summed E-state index contributed by atoms with van der Waals surface area (Å²) in [5.41, 5.74) is 2.60. The molecule has 126 valence electrons. The highest BCUT2D eigenvalue weighted by Gasteiger charge is 2.19. The molecule has 0 bridgehead atoms. The summed E-state index contributed by atoms with van der Waals surface area (Å²) >= 11 is 0. The Bertz CT molecular complexity index is 910. The molecule has 24 heavy (non-hydrogen) atoms. The van der Waals surface area contributed by atoms with Gasteiger partial charge in [-0.25, -0.2) is 17.5 Å². The highest BCUT2D eigenvalue weighted by atomic mass is 32.2. The Morgan fingerprint density at radius 3 is 2.71 bits per heavy atom. The van der Waals surface area contributed by atoms with Gasteiger partial charge in [-0.15, -0.1) is 0 Å². The van der Waals surface area contributed by atoms with Crippen molar-refractivity contribution in [3.63, 3.8) is 0 Å². The van der Waals surface area contributed by atoms with E-state index >= 15 is 0 Å². The van der Waals surface area contributed by atoms with Gasteiger partial charge in [0, 0.05) is 18.7 Å². The van der Waals surface area contributed by atoms with Gasteiger partial charge in [-0.2, -0.15) is 0 Å².